The van der Waals surface area contributed by atoms with Gasteiger partial charge in [-0.05, 0) is 49.9 Å². The Morgan fingerprint density at radius 3 is 2.58 bits per heavy atom. The third-order valence-corrected chi connectivity index (χ3v) is 5.92. The molecule has 0 spiro atoms. The monoisotopic (exact) mass is 264 g/mol. The minimum Gasteiger partial charge on any atom is -0.345 e. The third kappa shape index (κ3) is 2.81. The summed E-state index contributed by atoms with van der Waals surface area (Å²) in [5.74, 6) is 2.91. The van der Waals surface area contributed by atoms with Gasteiger partial charge in [0.15, 0.2) is 0 Å². The minimum atomic E-state index is -0.194. The number of fused-ring (bicyclic) bond motifs is 2. The van der Waals surface area contributed by atoms with Gasteiger partial charge in [-0.15, -0.1) is 0 Å². The summed E-state index contributed by atoms with van der Waals surface area (Å²) >= 11 is 0. The van der Waals surface area contributed by atoms with Gasteiger partial charge in [-0.1, -0.05) is 19.3 Å². The Balaban J connectivity index is 1.49. The molecule has 2 bridgehead atoms. The lowest BCUT2D eigenvalue weighted by atomic mass is 9.88. The van der Waals surface area contributed by atoms with Crippen LogP contribution in [0.1, 0.15) is 57.8 Å². The Morgan fingerprint density at radius 2 is 2.00 bits per heavy atom. The summed E-state index contributed by atoms with van der Waals surface area (Å²) in [4.78, 5) is 14.3. The number of carbonyl (C=O) groups excluding carboxylic acids is 1. The average Bonchev–Trinajstić information content (AvgIpc) is 3.05. The van der Waals surface area contributed by atoms with Crippen LogP contribution >= 0.6 is 0 Å². The molecule has 3 heteroatoms. The van der Waals surface area contributed by atoms with Crippen LogP contribution in [-0.4, -0.2) is 29.9 Å². The molecule has 0 aromatic heterocycles. The second-order valence-electron chi connectivity index (χ2n) is 7.46. The molecule has 0 radical (unpaired) electrons. The molecule has 2 N–H and O–H groups in total. The molecule has 0 aromatic carbocycles. The first-order valence-electron chi connectivity index (χ1n) is 8.09. The second kappa shape index (κ2) is 5.08. The van der Waals surface area contributed by atoms with Crippen molar-refractivity contribution in [3.63, 3.8) is 0 Å². The first kappa shape index (κ1) is 13.4. The molecule has 3 nitrogen and oxygen atoms in total. The molecule has 0 saturated heterocycles. The molecule has 3 fully saturated rings. The molecule has 3 aliphatic carbocycles. The Labute approximate surface area is 116 Å². The first-order valence-corrected chi connectivity index (χ1v) is 8.09. The number of amides is 1. The largest absolute Gasteiger partial charge is 0.345 e. The van der Waals surface area contributed by atoms with Crippen LogP contribution in [-0.2, 0) is 4.79 Å². The summed E-state index contributed by atoms with van der Waals surface area (Å²) in [6.07, 6.45) is 10.6. The molecular weight excluding hydrogens is 236 g/mol. The van der Waals surface area contributed by atoms with Gasteiger partial charge in [-0.2, -0.15) is 0 Å². The quantitative estimate of drug-likeness (QED) is 0.848. The fourth-order valence-electron chi connectivity index (χ4n) is 4.75. The standard InChI is InChI=1S/C16H28N2O/c1-18(11-14-9-12-4-5-13(14)8-12)15(19)10-16(17)6-2-3-7-16/h12-14H,2-11,17H2,1H3. The molecule has 3 atom stereocenters. The lowest BCUT2D eigenvalue weighted by Gasteiger charge is -2.30. The van der Waals surface area contributed by atoms with Gasteiger partial charge in [0, 0.05) is 25.6 Å². The number of carbonyl (C=O) groups is 1. The second-order valence-corrected chi connectivity index (χ2v) is 7.46. The molecule has 19 heavy (non-hydrogen) atoms. The molecule has 1 amide bonds. The van der Waals surface area contributed by atoms with Gasteiger partial charge >= 0.3 is 0 Å². The third-order valence-electron chi connectivity index (χ3n) is 5.92. The highest BCUT2D eigenvalue weighted by Gasteiger charge is 2.40. The zero-order chi connectivity index (χ0) is 13.5. The van der Waals surface area contributed by atoms with E-state index in [9.17, 15) is 4.79 Å². The van der Waals surface area contributed by atoms with Crippen LogP contribution in [0.15, 0.2) is 0 Å². The molecule has 108 valence electrons. The number of nitrogens with two attached hydrogens (primary N) is 1. The molecular formula is C16H28N2O. The van der Waals surface area contributed by atoms with E-state index in [-0.39, 0.29) is 11.4 Å². The maximum absolute atomic E-state index is 12.3. The first-order chi connectivity index (χ1) is 9.06. The minimum absolute atomic E-state index is 0.194. The van der Waals surface area contributed by atoms with Crippen LogP contribution in [0.2, 0.25) is 0 Å². The highest BCUT2D eigenvalue weighted by Crippen LogP contribution is 2.48. The topological polar surface area (TPSA) is 46.3 Å². The summed E-state index contributed by atoms with van der Waals surface area (Å²) < 4.78 is 0. The van der Waals surface area contributed by atoms with E-state index in [1.807, 2.05) is 11.9 Å². The van der Waals surface area contributed by atoms with Crippen molar-refractivity contribution in [3.8, 4) is 0 Å². The van der Waals surface area contributed by atoms with Gasteiger partial charge in [0.1, 0.15) is 0 Å². The van der Waals surface area contributed by atoms with E-state index >= 15 is 0 Å². The van der Waals surface area contributed by atoms with Gasteiger partial charge in [0.25, 0.3) is 0 Å². The summed E-state index contributed by atoms with van der Waals surface area (Å²) in [7, 11) is 1.98. The highest BCUT2D eigenvalue weighted by molar-refractivity contribution is 5.77. The molecule has 3 rings (SSSR count). The van der Waals surface area contributed by atoms with E-state index in [2.05, 4.69) is 0 Å². The van der Waals surface area contributed by atoms with Crippen molar-refractivity contribution in [2.75, 3.05) is 13.6 Å². The lowest BCUT2D eigenvalue weighted by molar-refractivity contribution is -0.131. The molecule has 3 aliphatic rings. The zero-order valence-corrected chi connectivity index (χ0v) is 12.2. The molecule has 0 aromatic rings. The fraction of sp³-hybridized carbons (Fsp3) is 0.938. The van der Waals surface area contributed by atoms with Crippen LogP contribution < -0.4 is 5.73 Å². The predicted molar refractivity (Wildman–Crippen MR) is 76.6 cm³/mol. The Bertz CT molecular complexity index is 349. The van der Waals surface area contributed by atoms with Crippen molar-refractivity contribution in [1.29, 1.82) is 0 Å². The van der Waals surface area contributed by atoms with Crippen LogP contribution in [0.4, 0.5) is 0 Å². The molecule has 0 aliphatic heterocycles. The average molecular weight is 264 g/mol. The van der Waals surface area contributed by atoms with Gasteiger partial charge in [-0.25, -0.2) is 0 Å². The smallest absolute Gasteiger partial charge is 0.224 e. The van der Waals surface area contributed by atoms with Crippen molar-refractivity contribution in [1.82, 2.24) is 4.90 Å². The van der Waals surface area contributed by atoms with Crippen molar-refractivity contribution in [3.05, 3.63) is 0 Å². The van der Waals surface area contributed by atoms with Crippen LogP contribution in [0.3, 0.4) is 0 Å². The normalized spacial score (nSPS) is 35.8. The van der Waals surface area contributed by atoms with E-state index in [1.165, 1.54) is 38.5 Å². The Hall–Kier alpha value is -0.570. The summed E-state index contributed by atoms with van der Waals surface area (Å²) in [6, 6.07) is 0. The van der Waals surface area contributed by atoms with Crippen molar-refractivity contribution < 1.29 is 4.79 Å². The van der Waals surface area contributed by atoms with Crippen LogP contribution in [0.25, 0.3) is 0 Å². The van der Waals surface area contributed by atoms with E-state index < -0.39 is 0 Å². The molecule has 3 saturated carbocycles. The maximum atomic E-state index is 12.3. The van der Waals surface area contributed by atoms with Crippen molar-refractivity contribution in [2.45, 2.75) is 63.3 Å². The van der Waals surface area contributed by atoms with Crippen LogP contribution in [0.5, 0.6) is 0 Å². The van der Waals surface area contributed by atoms with E-state index in [1.54, 1.807) is 0 Å². The number of nitrogens with zero attached hydrogens (tertiary/aromatic N) is 1. The number of rotatable bonds is 4. The summed E-state index contributed by atoms with van der Waals surface area (Å²) in [5.41, 5.74) is 6.12. The van der Waals surface area contributed by atoms with Crippen molar-refractivity contribution in [2.24, 2.45) is 23.5 Å². The number of hydrogen-bond acceptors (Lipinski definition) is 2. The predicted octanol–water partition coefficient (Wildman–Crippen LogP) is 2.54. The fourth-order valence-corrected chi connectivity index (χ4v) is 4.75. The van der Waals surface area contributed by atoms with Crippen molar-refractivity contribution >= 4 is 5.91 Å². The van der Waals surface area contributed by atoms with Gasteiger partial charge in [-0.3, -0.25) is 4.79 Å². The van der Waals surface area contributed by atoms with Gasteiger partial charge < -0.3 is 10.6 Å². The maximum Gasteiger partial charge on any atom is 0.224 e. The summed E-state index contributed by atoms with van der Waals surface area (Å²) in [5, 5.41) is 0. The zero-order valence-electron chi connectivity index (χ0n) is 12.2. The molecule has 0 heterocycles. The van der Waals surface area contributed by atoms with Crippen LogP contribution in [0, 0.1) is 17.8 Å². The molecule has 3 unspecified atom stereocenters. The lowest BCUT2D eigenvalue weighted by Crippen LogP contribution is -2.44. The van der Waals surface area contributed by atoms with Gasteiger partial charge in [0.2, 0.25) is 5.91 Å². The number of hydrogen-bond donors (Lipinski definition) is 1. The van der Waals surface area contributed by atoms with E-state index in [0.29, 0.717) is 6.42 Å². The Morgan fingerprint density at radius 1 is 1.26 bits per heavy atom. The van der Waals surface area contributed by atoms with E-state index in [0.717, 1.165) is 37.1 Å². The SMILES string of the molecule is CN(CC1CC2CCC1C2)C(=O)CC1(N)CCCC1. The van der Waals surface area contributed by atoms with E-state index in [4.69, 9.17) is 5.73 Å². The summed E-state index contributed by atoms with van der Waals surface area (Å²) in [6.45, 7) is 0.968. The highest BCUT2D eigenvalue weighted by atomic mass is 16.2. The Kier molecular flexibility index (Phi) is 3.59. The van der Waals surface area contributed by atoms with Gasteiger partial charge in [0.05, 0.1) is 0 Å².